The number of benzene rings is 1. The van der Waals surface area contributed by atoms with Gasteiger partial charge in [0.25, 0.3) is 0 Å². The maximum absolute atomic E-state index is 6.12. The third-order valence-electron chi connectivity index (χ3n) is 5.64. The van der Waals surface area contributed by atoms with E-state index in [1.54, 1.807) is 0 Å². The fourth-order valence-electron chi connectivity index (χ4n) is 3.97. The van der Waals surface area contributed by atoms with Gasteiger partial charge in [0.1, 0.15) is 11.6 Å². The second-order valence-electron chi connectivity index (χ2n) is 7.40. The Morgan fingerprint density at radius 2 is 2.04 bits per heavy atom. The van der Waals surface area contributed by atoms with Gasteiger partial charge < -0.3 is 9.13 Å². The summed E-state index contributed by atoms with van der Waals surface area (Å²) in [6.45, 7) is 10.4. The summed E-state index contributed by atoms with van der Waals surface area (Å²) in [6.07, 6.45) is 3.96. The van der Waals surface area contributed by atoms with Crippen LogP contribution in [0.25, 0.3) is 11.0 Å². The minimum Gasteiger partial charge on any atom is -0.334 e. The normalized spacial score (nSPS) is 19.2. The number of fused-ring (bicyclic) bond motifs is 1. The van der Waals surface area contributed by atoms with Gasteiger partial charge >= 0.3 is 0 Å². The number of aromatic nitrogens is 4. The molecule has 0 spiro atoms. The molecule has 1 aliphatic rings. The molecule has 0 bridgehead atoms. The predicted octanol–water partition coefficient (Wildman–Crippen LogP) is 3.15. The molecule has 1 aromatic carbocycles. The lowest BCUT2D eigenvalue weighted by Gasteiger charge is -2.39. The van der Waals surface area contributed by atoms with E-state index >= 15 is 0 Å². The van der Waals surface area contributed by atoms with Crippen molar-refractivity contribution in [1.29, 1.82) is 0 Å². The van der Waals surface area contributed by atoms with E-state index in [2.05, 4.69) is 51.0 Å². The lowest BCUT2D eigenvalue weighted by molar-refractivity contribution is 0.0686. The van der Waals surface area contributed by atoms with Crippen molar-refractivity contribution in [3.05, 3.63) is 47.3 Å². The first-order valence-electron chi connectivity index (χ1n) is 9.62. The number of imidazole rings is 2. The zero-order chi connectivity index (χ0) is 19.0. The van der Waals surface area contributed by atoms with Gasteiger partial charge in [-0.15, -0.1) is 0 Å². The van der Waals surface area contributed by atoms with Gasteiger partial charge in [0.05, 0.1) is 24.1 Å². The first-order valence-corrected chi connectivity index (χ1v) is 10.00. The van der Waals surface area contributed by atoms with Gasteiger partial charge in [-0.3, -0.25) is 9.80 Å². The van der Waals surface area contributed by atoms with Crippen LogP contribution in [0.1, 0.15) is 25.5 Å². The van der Waals surface area contributed by atoms with Crippen LogP contribution in [0.5, 0.6) is 0 Å². The van der Waals surface area contributed by atoms with Crippen LogP contribution in [0.15, 0.2) is 30.6 Å². The maximum atomic E-state index is 6.12. The third-order valence-corrected chi connectivity index (χ3v) is 5.87. The Balaban J connectivity index is 1.42. The number of hydrogen-bond donors (Lipinski definition) is 0. The molecule has 0 unspecified atom stereocenters. The molecule has 1 fully saturated rings. The Labute approximate surface area is 165 Å². The van der Waals surface area contributed by atoms with Gasteiger partial charge in [-0.05, 0) is 32.0 Å². The summed E-state index contributed by atoms with van der Waals surface area (Å²) < 4.78 is 4.41. The number of rotatable bonds is 5. The van der Waals surface area contributed by atoms with Crippen LogP contribution < -0.4 is 0 Å². The zero-order valence-corrected chi connectivity index (χ0v) is 17.0. The summed E-state index contributed by atoms with van der Waals surface area (Å²) in [6, 6.07) is 6.41. The van der Waals surface area contributed by atoms with E-state index in [0.29, 0.717) is 6.04 Å². The van der Waals surface area contributed by atoms with Crippen molar-refractivity contribution in [3.8, 4) is 0 Å². The molecular formula is C20H27ClN6. The first kappa shape index (κ1) is 18.5. The Kier molecular flexibility index (Phi) is 5.21. The molecule has 0 aliphatic carbocycles. The van der Waals surface area contributed by atoms with Gasteiger partial charge in [0.2, 0.25) is 0 Å². The molecule has 3 heterocycles. The van der Waals surface area contributed by atoms with E-state index in [9.17, 15) is 0 Å². The van der Waals surface area contributed by atoms with E-state index in [4.69, 9.17) is 16.6 Å². The number of piperazine rings is 1. The van der Waals surface area contributed by atoms with Crippen LogP contribution in [-0.4, -0.2) is 54.6 Å². The van der Waals surface area contributed by atoms with E-state index < -0.39 is 0 Å². The van der Waals surface area contributed by atoms with Crippen molar-refractivity contribution < 1.29 is 0 Å². The summed E-state index contributed by atoms with van der Waals surface area (Å²) in [7, 11) is 2.09. The van der Waals surface area contributed by atoms with Crippen molar-refractivity contribution in [2.45, 2.75) is 39.5 Å². The average molecular weight is 387 g/mol. The highest BCUT2D eigenvalue weighted by Crippen LogP contribution is 2.21. The Bertz CT molecular complexity index is 930. The molecule has 6 nitrogen and oxygen atoms in total. The standard InChI is InChI=1S/C20H27ClN6/c1-4-26-8-7-22-19(26)14-27-10-9-25(12-15(27)2)13-20-23-17-11-16(21)5-6-18(17)24(20)3/h5-8,11,15H,4,9-10,12-14H2,1-3H3/t15-/m1/s1. The lowest BCUT2D eigenvalue weighted by Crippen LogP contribution is -2.51. The molecule has 0 N–H and O–H groups in total. The molecule has 1 saturated heterocycles. The molecule has 1 aliphatic heterocycles. The molecule has 0 radical (unpaired) electrons. The number of hydrogen-bond acceptors (Lipinski definition) is 4. The monoisotopic (exact) mass is 386 g/mol. The van der Waals surface area contributed by atoms with Crippen LogP contribution in [0.4, 0.5) is 0 Å². The zero-order valence-electron chi connectivity index (χ0n) is 16.3. The largest absolute Gasteiger partial charge is 0.334 e. The van der Waals surface area contributed by atoms with Gasteiger partial charge in [-0.2, -0.15) is 0 Å². The number of aryl methyl sites for hydroxylation is 2. The van der Waals surface area contributed by atoms with Crippen LogP contribution in [-0.2, 0) is 26.7 Å². The van der Waals surface area contributed by atoms with Crippen molar-refractivity contribution in [3.63, 3.8) is 0 Å². The highest BCUT2D eigenvalue weighted by Gasteiger charge is 2.25. The first-order chi connectivity index (χ1) is 13.0. The topological polar surface area (TPSA) is 42.1 Å². The minimum absolute atomic E-state index is 0.491. The highest BCUT2D eigenvalue weighted by atomic mass is 35.5. The fourth-order valence-corrected chi connectivity index (χ4v) is 4.14. The summed E-state index contributed by atoms with van der Waals surface area (Å²) >= 11 is 6.12. The van der Waals surface area contributed by atoms with Crippen molar-refractivity contribution in [1.82, 2.24) is 28.9 Å². The Morgan fingerprint density at radius 3 is 2.81 bits per heavy atom. The lowest BCUT2D eigenvalue weighted by atomic mass is 10.2. The van der Waals surface area contributed by atoms with E-state index in [-0.39, 0.29) is 0 Å². The van der Waals surface area contributed by atoms with Crippen LogP contribution in [0, 0.1) is 0 Å². The summed E-state index contributed by atoms with van der Waals surface area (Å²) in [5, 5.41) is 0.736. The quantitative estimate of drug-likeness (QED) is 0.675. The molecule has 1 atom stereocenters. The molecule has 0 amide bonds. The second kappa shape index (κ2) is 7.62. The number of nitrogens with zero attached hydrogens (tertiary/aromatic N) is 6. The SMILES string of the molecule is CCn1ccnc1CN1CCN(Cc2nc3cc(Cl)ccc3n2C)C[C@H]1C. The smallest absolute Gasteiger partial charge is 0.123 e. The second-order valence-corrected chi connectivity index (χ2v) is 7.84. The summed E-state index contributed by atoms with van der Waals surface area (Å²) in [5.74, 6) is 2.25. The van der Waals surface area contributed by atoms with Gasteiger partial charge in [-0.1, -0.05) is 11.6 Å². The maximum Gasteiger partial charge on any atom is 0.123 e. The van der Waals surface area contributed by atoms with Crippen molar-refractivity contribution in [2.24, 2.45) is 7.05 Å². The van der Waals surface area contributed by atoms with Crippen molar-refractivity contribution >= 4 is 22.6 Å². The third kappa shape index (κ3) is 3.74. The summed E-state index contributed by atoms with van der Waals surface area (Å²) in [5.41, 5.74) is 2.10. The van der Waals surface area contributed by atoms with Gasteiger partial charge in [0, 0.05) is 56.7 Å². The highest BCUT2D eigenvalue weighted by molar-refractivity contribution is 6.31. The molecule has 2 aromatic heterocycles. The molecule has 27 heavy (non-hydrogen) atoms. The molecule has 144 valence electrons. The van der Waals surface area contributed by atoms with E-state index in [1.165, 1.54) is 0 Å². The Hall–Kier alpha value is -1.89. The van der Waals surface area contributed by atoms with Crippen LogP contribution >= 0.6 is 11.6 Å². The number of halogens is 1. The molecule has 7 heteroatoms. The van der Waals surface area contributed by atoms with Crippen LogP contribution in [0.3, 0.4) is 0 Å². The van der Waals surface area contributed by atoms with Crippen LogP contribution in [0.2, 0.25) is 5.02 Å². The molecule has 0 saturated carbocycles. The molecule has 4 rings (SSSR count). The average Bonchev–Trinajstić information content (AvgIpc) is 3.21. The van der Waals surface area contributed by atoms with Gasteiger partial charge in [-0.25, -0.2) is 9.97 Å². The molecular weight excluding hydrogens is 360 g/mol. The predicted molar refractivity (Wildman–Crippen MR) is 109 cm³/mol. The van der Waals surface area contributed by atoms with E-state index in [0.717, 1.165) is 67.0 Å². The van der Waals surface area contributed by atoms with Crippen molar-refractivity contribution in [2.75, 3.05) is 19.6 Å². The van der Waals surface area contributed by atoms with E-state index in [1.807, 2.05) is 24.4 Å². The Morgan fingerprint density at radius 1 is 1.19 bits per heavy atom. The van der Waals surface area contributed by atoms with Gasteiger partial charge in [0.15, 0.2) is 0 Å². The minimum atomic E-state index is 0.491. The summed E-state index contributed by atoms with van der Waals surface area (Å²) in [4.78, 5) is 14.4. The molecule has 3 aromatic rings. The fraction of sp³-hybridized carbons (Fsp3) is 0.500.